The molecule has 0 saturated carbocycles. The van der Waals surface area contributed by atoms with Gasteiger partial charge in [-0.15, -0.1) is 11.3 Å². The molecule has 0 fully saturated rings. The maximum Gasteiger partial charge on any atom is 0.419 e. The summed E-state index contributed by atoms with van der Waals surface area (Å²) in [5.74, 6) is -1.46. The van der Waals surface area contributed by atoms with Crippen molar-refractivity contribution in [1.82, 2.24) is 0 Å². The quantitative estimate of drug-likeness (QED) is 0.132. The Morgan fingerprint density at radius 3 is 1.31 bits per heavy atom. The Morgan fingerprint density at radius 1 is 0.529 bits per heavy atom. The minimum atomic E-state index is -4.89. The summed E-state index contributed by atoms with van der Waals surface area (Å²) >= 11 is 1.15. The third-order valence-electron chi connectivity index (χ3n) is 8.90. The number of nitrogens with zero attached hydrogens (tertiary/aromatic N) is 4. The maximum absolute atomic E-state index is 14.5. The molecule has 0 saturated heterocycles. The number of allylic oxidation sites excluding steroid dienone is 2. The van der Waals surface area contributed by atoms with Gasteiger partial charge in [-0.05, 0) is 87.3 Å². The van der Waals surface area contributed by atoms with Crippen LogP contribution >= 0.6 is 11.3 Å². The van der Waals surface area contributed by atoms with E-state index in [1.807, 2.05) is 24.3 Å². The number of benzene rings is 4. The maximum atomic E-state index is 14.5. The van der Waals surface area contributed by atoms with Crippen molar-refractivity contribution in [3.63, 3.8) is 0 Å². The molecule has 7 rings (SSSR count). The van der Waals surface area contributed by atoms with Gasteiger partial charge in [-0.3, -0.25) is 0 Å². The smallest absolute Gasteiger partial charge is 0.206 e. The molecule has 4 nitrogen and oxygen atoms in total. The number of thiophene rings is 1. The molecular formula is C39H15F7N4S. The summed E-state index contributed by atoms with van der Waals surface area (Å²) in [4.78, 5) is 1.01. The fourth-order valence-electron chi connectivity index (χ4n) is 6.70. The van der Waals surface area contributed by atoms with E-state index in [1.54, 1.807) is 36.4 Å². The van der Waals surface area contributed by atoms with Crippen LogP contribution in [0, 0.1) is 58.1 Å². The summed E-state index contributed by atoms with van der Waals surface area (Å²) in [5.41, 5.74) is 2.62. The molecule has 0 unspecified atom stereocenters. The number of hydrogen-bond donors (Lipinski definition) is 0. The Bertz CT molecular complexity index is 2420. The SMILES string of the molecule is Cc1cc(-c2ccc3c(c2)C(=C(C#N)C#N)c2sc4c(c2-3)-c2ccc(-c3ccc(C(F)(F)F)c(F)c3)cc2C4=C(C#N)C#N)ccc1C(F)(F)F. The fraction of sp³-hybridized carbons (Fsp3) is 0.0769. The van der Waals surface area contributed by atoms with Gasteiger partial charge in [-0.1, -0.05) is 42.5 Å². The van der Waals surface area contributed by atoms with Crippen LogP contribution < -0.4 is 0 Å². The minimum Gasteiger partial charge on any atom is -0.206 e. The number of aryl methyl sites for hydroxylation is 1. The highest BCUT2D eigenvalue weighted by Crippen LogP contribution is 2.61. The van der Waals surface area contributed by atoms with Gasteiger partial charge in [0, 0.05) is 32.0 Å². The van der Waals surface area contributed by atoms with Crippen molar-refractivity contribution in [3.05, 3.63) is 127 Å². The predicted molar refractivity (Wildman–Crippen MR) is 175 cm³/mol. The molecule has 246 valence electrons. The Morgan fingerprint density at radius 2 is 0.922 bits per heavy atom. The van der Waals surface area contributed by atoms with Crippen LogP contribution in [0.5, 0.6) is 0 Å². The monoisotopic (exact) mass is 704 g/mol. The van der Waals surface area contributed by atoms with Crippen molar-refractivity contribution >= 4 is 22.5 Å². The molecule has 12 heteroatoms. The topological polar surface area (TPSA) is 95.2 Å². The van der Waals surface area contributed by atoms with Crippen molar-refractivity contribution in [3.8, 4) is 68.8 Å². The average Bonchev–Trinajstić information content (AvgIpc) is 3.70. The second kappa shape index (κ2) is 11.6. The summed E-state index contributed by atoms with van der Waals surface area (Å²) in [6.45, 7) is 1.36. The first-order valence-corrected chi connectivity index (χ1v) is 15.6. The number of nitriles is 4. The van der Waals surface area contributed by atoms with Gasteiger partial charge in [0.2, 0.25) is 0 Å². The van der Waals surface area contributed by atoms with Crippen LogP contribution in [0.15, 0.2) is 83.9 Å². The third kappa shape index (κ3) is 5.08. The third-order valence-corrected chi connectivity index (χ3v) is 10.1. The number of hydrogen-bond acceptors (Lipinski definition) is 5. The van der Waals surface area contributed by atoms with Gasteiger partial charge >= 0.3 is 12.4 Å². The summed E-state index contributed by atoms with van der Waals surface area (Å²) in [6, 6.07) is 23.9. The van der Waals surface area contributed by atoms with E-state index in [0.29, 0.717) is 71.5 Å². The fourth-order valence-corrected chi connectivity index (χ4v) is 8.16. The Kier molecular flexibility index (Phi) is 7.49. The van der Waals surface area contributed by atoms with E-state index in [-0.39, 0.29) is 27.8 Å². The highest BCUT2D eigenvalue weighted by Gasteiger charge is 2.40. The van der Waals surface area contributed by atoms with Crippen LogP contribution in [0.25, 0.3) is 55.7 Å². The molecule has 2 aliphatic carbocycles. The summed E-state index contributed by atoms with van der Waals surface area (Å²) in [5, 5.41) is 39.9. The first kappa shape index (κ1) is 33.0. The molecule has 0 radical (unpaired) electrons. The average molecular weight is 705 g/mol. The highest BCUT2D eigenvalue weighted by molar-refractivity contribution is 7.16. The molecule has 5 aromatic rings. The lowest BCUT2D eigenvalue weighted by Crippen LogP contribution is -2.07. The predicted octanol–water partition coefficient (Wildman–Crippen LogP) is 11.2. The van der Waals surface area contributed by atoms with Gasteiger partial charge in [-0.25, -0.2) is 4.39 Å². The molecule has 2 aliphatic rings. The lowest BCUT2D eigenvalue weighted by Gasteiger charge is -2.13. The summed E-state index contributed by atoms with van der Waals surface area (Å²) < 4.78 is 94.6. The van der Waals surface area contributed by atoms with Crippen LogP contribution in [-0.2, 0) is 12.4 Å². The molecule has 1 heterocycles. The van der Waals surface area contributed by atoms with Gasteiger partial charge in [0.1, 0.15) is 41.2 Å². The molecular weight excluding hydrogens is 690 g/mol. The van der Waals surface area contributed by atoms with Crippen LogP contribution in [0.3, 0.4) is 0 Å². The molecule has 0 atom stereocenters. The zero-order chi connectivity index (χ0) is 36.6. The first-order valence-electron chi connectivity index (χ1n) is 14.8. The molecule has 0 amide bonds. The Hall–Kier alpha value is -6.47. The van der Waals surface area contributed by atoms with Crippen molar-refractivity contribution < 1.29 is 30.7 Å². The first-order chi connectivity index (χ1) is 24.2. The highest BCUT2D eigenvalue weighted by atomic mass is 32.1. The summed E-state index contributed by atoms with van der Waals surface area (Å²) in [6.07, 6.45) is -9.42. The molecule has 0 aliphatic heterocycles. The van der Waals surface area contributed by atoms with Crippen LogP contribution in [0.1, 0.15) is 37.6 Å². The van der Waals surface area contributed by atoms with E-state index >= 15 is 0 Å². The van der Waals surface area contributed by atoms with Crippen molar-refractivity contribution in [2.24, 2.45) is 0 Å². The second-order valence-electron chi connectivity index (χ2n) is 11.7. The molecule has 1 aromatic heterocycles. The van der Waals surface area contributed by atoms with E-state index < -0.39 is 29.3 Å². The van der Waals surface area contributed by atoms with Gasteiger partial charge in [0.25, 0.3) is 0 Å². The Balaban J connectivity index is 1.45. The van der Waals surface area contributed by atoms with Gasteiger partial charge in [0.15, 0.2) is 0 Å². The second-order valence-corrected chi connectivity index (χ2v) is 12.7. The number of alkyl halides is 6. The zero-order valence-corrected chi connectivity index (χ0v) is 26.6. The number of rotatable bonds is 2. The Labute approximate surface area is 289 Å². The van der Waals surface area contributed by atoms with Crippen molar-refractivity contribution in [2.75, 3.05) is 0 Å². The number of halogens is 7. The van der Waals surface area contributed by atoms with Gasteiger partial charge < -0.3 is 0 Å². The largest absolute Gasteiger partial charge is 0.419 e. The molecule has 4 aromatic carbocycles. The molecule has 0 spiro atoms. The van der Waals surface area contributed by atoms with E-state index in [2.05, 4.69) is 0 Å². The van der Waals surface area contributed by atoms with Crippen LogP contribution in [0.2, 0.25) is 0 Å². The zero-order valence-electron chi connectivity index (χ0n) is 25.8. The normalized spacial score (nSPS) is 12.5. The van der Waals surface area contributed by atoms with Gasteiger partial charge in [-0.2, -0.15) is 47.4 Å². The molecule has 0 bridgehead atoms. The van der Waals surface area contributed by atoms with Crippen molar-refractivity contribution in [2.45, 2.75) is 19.3 Å². The molecule has 0 N–H and O–H groups in total. The lowest BCUT2D eigenvalue weighted by molar-refractivity contribution is -0.140. The lowest BCUT2D eigenvalue weighted by atomic mass is 9.93. The van der Waals surface area contributed by atoms with E-state index in [1.165, 1.54) is 19.1 Å². The molecule has 51 heavy (non-hydrogen) atoms. The van der Waals surface area contributed by atoms with E-state index in [0.717, 1.165) is 29.5 Å². The summed E-state index contributed by atoms with van der Waals surface area (Å²) in [7, 11) is 0. The van der Waals surface area contributed by atoms with Crippen LogP contribution in [0.4, 0.5) is 30.7 Å². The van der Waals surface area contributed by atoms with Gasteiger partial charge in [0.05, 0.1) is 11.1 Å². The van der Waals surface area contributed by atoms with Crippen molar-refractivity contribution in [1.29, 1.82) is 21.0 Å². The minimum absolute atomic E-state index is 0.0167. The van der Waals surface area contributed by atoms with E-state index in [9.17, 15) is 51.8 Å². The number of fused-ring (bicyclic) bond motifs is 7. The van der Waals surface area contributed by atoms with Crippen LogP contribution in [-0.4, -0.2) is 0 Å². The standard InChI is InChI=1S/C39H15F7N4S/c1-18-10-19(4-8-29(18)38(41,42)43)20-2-6-25-27(11-20)32(23(14-47)15-48)36-34(25)35-26-7-3-21(22-5-9-30(31(40)13-22)39(44,45)46)12-28(26)33(37(35)51-36)24(16-49)17-50/h2-13H,1H3. The van der Waals surface area contributed by atoms with E-state index in [4.69, 9.17) is 0 Å².